The van der Waals surface area contributed by atoms with Gasteiger partial charge in [-0.05, 0) is 12.8 Å². The quantitative estimate of drug-likeness (QED) is 0.692. The van der Waals surface area contributed by atoms with Crippen molar-refractivity contribution in [2.45, 2.75) is 24.9 Å². The summed E-state index contributed by atoms with van der Waals surface area (Å²) in [7, 11) is 1.70. The minimum atomic E-state index is -0.316. The summed E-state index contributed by atoms with van der Waals surface area (Å²) in [5, 5.41) is 21.3. The fourth-order valence-corrected chi connectivity index (χ4v) is 4.77. The van der Waals surface area contributed by atoms with E-state index in [-0.39, 0.29) is 11.6 Å². The van der Waals surface area contributed by atoms with E-state index in [9.17, 15) is 10.1 Å². The average Bonchev–Trinajstić information content (AvgIpc) is 3.31. The minimum Gasteiger partial charge on any atom is -0.349 e. The number of nitrogens with one attached hydrogen (secondary N) is 2. The van der Waals surface area contributed by atoms with E-state index >= 15 is 0 Å². The molecule has 6 heterocycles. The molecule has 0 aliphatic carbocycles. The fraction of sp³-hybridized carbons (Fsp3) is 0.389. The van der Waals surface area contributed by atoms with Gasteiger partial charge in [0.25, 0.3) is 5.91 Å². The summed E-state index contributed by atoms with van der Waals surface area (Å²) in [6.45, 7) is 1.87. The highest BCUT2D eigenvalue weighted by Gasteiger charge is 2.34. The second kappa shape index (κ2) is 6.54. The Bertz CT molecular complexity index is 1100. The Kier molecular flexibility index (Phi) is 3.99. The third-order valence-electron chi connectivity index (χ3n) is 5.34. The molecular formula is C18H18N8OS. The highest BCUT2D eigenvalue weighted by molar-refractivity contribution is 7.17. The molecule has 1 amide bonds. The molecule has 6 rings (SSSR count). The molecule has 0 aromatic carbocycles. The molecule has 2 N–H and O–H groups in total. The Balaban J connectivity index is 1.46. The number of thiophene rings is 1. The Morgan fingerprint density at radius 1 is 1.46 bits per heavy atom. The van der Waals surface area contributed by atoms with Crippen LogP contribution in [0.4, 0.5) is 11.5 Å². The topological polar surface area (TPSA) is 112 Å². The lowest BCUT2D eigenvalue weighted by molar-refractivity contribution is 0.102. The number of nitriles is 1. The number of carbonyl (C=O) groups is 1. The summed E-state index contributed by atoms with van der Waals surface area (Å²) in [5.74, 6) is 0.499. The zero-order valence-electron chi connectivity index (χ0n) is 15.2. The molecule has 3 aliphatic heterocycles. The number of aromatic nitrogens is 4. The number of hydrogen-bond donors (Lipinski definition) is 2. The molecule has 2 bridgehead atoms. The highest BCUT2D eigenvalue weighted by atomic mass is 32.1. The molecule has 0 radical (unpaired) electrons. The maximum absolute atomic E-state index is 12.8. The minimum absolute atomic E-state index is 0.180. The van der Waals surface area contributed by atoms with Crippen LogP contribution in [0.3, 0.4) is 0 Å². The molecule has 2 atom stereocenters. The van der Waals surface area contributed by atoms with E-state index < -0.39 is 0 Å². The molecule has 0 saturated carbocycles. The lowest BCUT2D eigenvalue weighted by Gasteiger charge is -2.46. The van der Waals surface area contributed by atoms with Gasteiger partial charge in [-0.25, -0.2) is 9.97 Å². The van der Waals surface area contributed by atoms with Crippen LogP contribution in [-0.4, -0.2) is 50.8 Å². The molecular weight excluding hydrogens is 376 g/mol. The van der Waals surface area contributed by atoms with Crippen molar-refractivity contribution < 1.29 is 4.79 Å². The first-order valence-corrected chi connectivity index (χ1v) is 9.99. The first kappa shape index (κ1) is 17.1. The van der Waals surface area contributed by atoms with Crippen LogP contribution < -0.4 is 15.5 Å². The lowest BCUT2D eigenvalue weighted by Crippen LogP contribution is -2.61. The second-order valence-electron chi connectivity index (χ2n) is 7.15. The molecule has 10 heteroatoms. The first-order chi connectivity index (χ1) is 13.6. The van der Waals surface area contributed by atoms with Gasteiger partial charge in [-0.15, -0.1) is 11.3 Å². The second-order valence-corrected chi connectivity index (χ2v) is 8.01. The van der Waals surface area contributed by atoms with Crippen LogP contribution in [0.25, 0.3) is 10.3 Å². The van der Waals surface area contributed by atoms with E-state index in [1.165, 1.54) is 22.4 Å². The van der Waals surface area contributed by atoms with E-state index in [4.69, 9.17) is 4.98 Å². The van der Waals surface area contributed by atoms with Crippen LogP contribution in [-0.2, 0) is 7.05 Å². The number of aryl methyl sites for hydroxylation is 1. The van der Waals surface area contributed by atoms with Gasteiger partial charge in [0.15, 0.2) is 5.69 Å². The molecule has 142 valence electrons. The zero-order chi connectivity index (χ0) is 19.3. The summed E-state index contributed by atoms with van der Waals surface area (Å²) >= 11 is 1.39. The predicted octanol–water partition coefficient (Wildman–Crippen LogP) is 1.49. The SMILES string of the molecule is Cn1cc(NC(=O)c2csc3ncc(N4CC5CCC4CN5)nc23)c(C#N)n1. The molecule has 3 saturated heterocycles. The van der Waals surface area contributed by atoms with Gasteiger partial charge >= 0.3 is 0 Å². The summed E-state index contributed by atoms with van der Waals surface area (Å²) in [6, 6.07) is 2.89. The van der Waals surface area contributed by atoms with Crippen LogP contribution >= 0.6 is 11.3 Å². The van der Waals surface area contributed by atoms with E-state index in [0.717, 1.165) is 30.2 Å². The van der Waals surface area contributed by atoms with Gasteiger partial charge in [0.05, 0.1) is 17.4 Å². The molecule has 3 fully saturated rings. The molecule has 2 unspecified atom stereocenters. The first-order valence-electron chi connectivity index (χ1n) is 9.11. The third-order valence-corrected chi connectivity index (χ3v) is 6.22. The number of carbonyl (C=O) groups excluding carboxylic acids is 1. The summed E-state index contributed by atoms with van der Waals surface area (Å²) < 4.78 is 1.50. The van der Waals surface area contributed by atoms with Crippen molar-refractivity contribution in [2.24, 2.45) is 7.05 Å². The van der Waals surface area contributed by atoms with Gasteiger partial charge in [0.1, 0.15) is 22.2 Å². The normalized spacial score (nSPS) is 21.1. The molecule has 3 aliphatic rings. The molecule has 9 nitrogen and oxygen atoms in total. The van der Waals surface area contributed by atoms with Crippen molar-refractivity contribution in [1.29, 1.82) is 5.26 Å². The maximum atomic E-state index is 12.8. The summed E-state index contributed by atoms with van der Waals surface area (Å²) in [6.07, 6.45) is 5.75. The van der Waals surface area contributed by atoms with Gasteiger partial charge in [-0.3, -0.25) is 9.48 Å². The summed E-state index contributed by atoms with van der Waals surface area (Å²) in [5.41, 5.74) is 1.62. The number of anilines is 2. The third kappa shape index (κ3) is 2.80. The number of fused-ring (bicyclic) bond motifs is 4. The van der Waals surface area contributed by atoms with Gasteiger partial charge in [0.2, 0.25) is 0 Å². The Hall–Kier alpha value is -3.03. The lowest BCUT2D eigenvalue weighted by atomic mass is 9.93. The number of piperidine rings is 2. The van der Waals surface area contributed by atoms with Crippen molar-refractivity contribution in [2.75, 3.05) is 23.3 Å². The van der Waals surface area contributed by atoms with E-state index in [0.29, 0.717) is 28.9 Å². The standard InChI is InChI=1S/C18H18N8OS/c1-25-8-14(13(4-19)24-25)22-17(27)12-9-28-18-16(12)23-15(6-21-18)26-7-10-2-3-11(26)5-20-10/h6,8-11,20H,2-3,5,7H2,1H3,(H,22,27). The Labute approximate surface area is 165 Å². The number of amides is 1. The van der Waals surface area contributed by atoms with Crippen molar-refractivity contribution in [1.82, 2.24) is 25.1 Å². The smallest absolute Gasteiger partial charge is 0.258 e. The van der Waals surface area contributed by atoms with Crippen LogP contribution in [0.5, 0.6) is 0 Å². The van der Waals surface area contributed by atoms with Crippen LogP contribution in [0.1, 0.15) is 28.9 Å². The average molecular weight is 394 g/mol. The summed E-state index contributed by atoms with van der Waals surface area (Å²) in [4.78, 5) is 25.2. The van der Waals surface area contributed by atoms with Crippen LogP contribution in [0.15, 0.2) is 17.8 Å². The zero-order valence-corrected chi connectivity index (χ0v) is 16.0. The van der Waals surface area contributed by atoms with E-state index in [1.54, 1.807) is 24.8 Å². The molecule has 0 spiro atoms. The molecule has 3 aromatic heterocycles. The number of rotatable bonds is 3. The van der Waals surface area contributed by atoms with Gasteiger partial charge in [0, 0.05) is 43.8 Å². The van der Waals surface area contributed by atoms with Gasteiger partial charge < -0.3 is 15.5 Å². The van der Waals surface area contributed by atoms with Crippen molar-refractivity contribution in [3.05, 3.63) is 29.0 Å². The number of nitrogens with zero attached hydrogens (tertiary/aromatic N) is 6. The Morgan fingerprint density at radius 3 is 3.07 bits per heavy atom. The Morgan fingerprint density at radius 2 is 2.36 bits per heavy atom. The van der Waals surface area contributed by atoms with Crippen molar-refractivity contribution in [3.63, 3.8) is 0 Å². The van der Waals surface area contributed by atoms with E-state index in [2.05, 4.69) is 25.6 Å². The van der Waals surface area contributed by atoms with Crippen molar-refractivity contribution in [3.8, 4) is 6.07 Å². The highest BCUT2D eigenvalue weighted by Crippen LogP contribution is 2.30. The predicted molar refractivity (Wildman–Crippen MR) is 105 cm³/mol. The van der Waals surface area contributed by atoms with E-state index in [1.807, 2.05) is 6.07 Å². The van der Waals surface area contributed by atoms with Crippen LogP contribution in [0, 0.1) is 11.3 Å². The molecule has 3 aromatic rings. The molecule has 28 heavy (non-hydrogen) atoms. The van der Waals surface area contributed by atoms with Crippen molar-refractivity contribution >= 4 is 39.1 Å². The number of piperazine rings is 1. The van der Waals surface area contributed by atoms with Gasteiger partial charge in [-0.2, -0.15) is 10.4 Å². The maximum Gasteiger partial charge on any atom is 0.258 e. The number of hydrogen-bond acceptors (Lipinski definition) is 8. The monoisotopic (exact) mass is 394 g/mol. The van der Waals surface area contributed by atoms with Gasteiger partial charge in [-0.1, -0.05) is 0 Å². The fourth-order valence-electron chi connectivity index (χ4n) is 3.94. The largest absolute Gasteiger partial charge is 0.349 e. The van der Waals surface area contributed by atoms with Crippen LogP contribution in [0.2, 0.25) is 0 Å².